The van der Waals surface area contributed by atoms with Crippen LogP contribution in [-0.2, 0) is 5.41 Å². The van der Waals surface area contributed by atoms with E-state index in [1.165, 1.54) is 44.3 Å². The Bertz CT molecular complexity index is 3560. The van der Waals surface area contributed by atoms with Crippen LogP contribution in [0.4, 0.5) is 0 Å². The van der Waals surface area contributed by atoms with Crippen LogP contribution in [0.1, 0.15) is 25.0 Å². The van der Waals surface area contributed by atoms with Crippen LogP contribution in [0.2, 0.25) is 0 Å². The van der Waals surface area contributed by atoms with Crippen molar-refractivity contribution >= 4 is 32.7 Å². The number of hydrogen-bond acceptors (Lipinski definition) is 4. The third kappa shape index (κ3) is 5.87. The Morgan fingerprint density at radius 2 is 0.903 bits per heavy atom. The van der Waals surface area contributed by atoms with Gasteiger partial charge in [0.15, 0.2) is 17.5 Å². The fraction of sp³-hybridized carbons (Fsp3) is 0.0517. The van der Waals surface area contributed by atoms with E-state index in [9.17, 15) is 0 Å². The number of furan rings is 1. The number of hydrogen-bond donors (Lipinski definition) is 0. The molecule has 0 radical (unpaired) electrons. The van der Waals surface area contributed by atoms with Crippen LogP contribution in [0.25, 0.3) is 111 Å². The molecule has 2 aromatic heterocycles. The normalized spacial score (nSPS) is 12.8. The van der Waals surface area contributed by atoms with E-state index in [4.69, 9.17) is 19.4 Å². The minimum absolute atomic E-state index is 0.148. The standard InChI is InChI=1S/C58H39N3O/c1-58(2)50-26-9-8-22-47(50)48-25-12-24-46(54(48)58)41-20-11-21-42(34-41)55-59-56(43-29-28-37-16-6-7-17-38(37)33-43)61-57(60-55)44-30-31-49-52(35-44)62-51-27-13-23-45(53(49)51)40-19-10-18-39(32-40)36-14-4-3-5-15-36/h3-35H,1-2H3. The summed E-state index contributed by atoms with van der Waals surface area (Å²) in [5.74, 6) is 1.81. The second kappa shape index (κ2) is 14.1. The lowest BCUT2D eigenvalue weighted by Gasteiger charge is -2.24. The Balaban J connectivity index is 0.995. The zero-order valence-electron chi connectivity index (χ0n) is 34.3. The zero-order valence-corrected chi connectivity index (χ0v) is 34.3. The smallest absolute Gasteiger partial charge is 0.164 e. The summed E-state index contributed by atoms with van der Waals surface area (Å²) in [5, 5.41) is 4.43. The zero-order chi connectivity index (χ0) is 41.4. The first-order valence-electron chi connectivity index (χ1n) is 21.2. The van der Waals surface area contributed by atoms with Gasteiger partial charge >= 0.3 is 0 Å². The van der Waals surface area contributed by atoms with E-state index in [-0.39, 0.29) is 5.41 Å². The van der Waals surface area contributed by atoms with Gasteiger partial charge in [0.05, 0.1) is 0 Å². The van der Waals surface area contributed by atoms with Gasteiger partial charge < -0.3 is 4.42 Å². The Kier molecular flexibility index (Phi) is 8.16. The maximum Gasteiger partial charge on any atom is 0.164 e. The van der Waals surface area contributed by atoms with Crippen molar-refractivity contribution in [3.8, 4) is 78.7 Å². The highest BCUT2D eigenvalue weighted by Gasteiger charge is 2.37. The topological polar surface area (TPSA) is 51.8 Å². The van der Waals surface area contributed by atoms with Crippen LogP contribution < -0.4 is 0 Å². The van der Waals surface area contributed by atoms with E-state index < -0.39 is 0 Å². The Morgan fingerprint density at radius 3 is 1.73 bits per heavy atom. The van der Waals surface area contributed by atoms with Crippen LogP contribution in [0.3, 0.4) is 0 Å². The summed E-state index contributed by atoms with van der Waals surface area (Å²) in [6, 6.07) is 70.8. The largest absolute Gasteiger partial charge is 0.456 e. The molecule has 4 heteroatoms. The van der Waals surface area contributed by atoms with Crippen molar-refractivity contribution < 1.29 is 4.42 Å². The summed E-state index contributed by atoms with van der Waals surface area (Å²) in [4.78, 5) is 15.6. The minimum atomic E-state index is -0.148. The van der Waals surface area contributed by atoms with Gasteiger partial charge in [-0.25, -0.2) is 15.0 Å². The molecule has 4 nitrogen and oxygen atoms in total. The highest BCUT2D eigenvalue weighted by atomic mass is 16.3. The third-order valence-corrected chi connectivity index (χ3v) is 12.7. The lowest BCUT2D eigenvalue weighted by atomic mass is 9.79. The van der Waals surface area contributed by atoms with E-state index in [0.29, 0.717) is 17.5 Å². The molecule has 9 aromatic carbocycles. The molecule has 11 aromatic rings. The van der Waals surface area contributed by atoms with Gasteiger partial charge in [0, 0.05) is 32.9 Å². The molecule has 0 amide bonds. The van der Waals surface area contributed by atoms with Crippen LogP contribution in [0.5, 0.6) is 0 Å². The molecular formula is C58H39N3O. The minimum Gasteiger partial charge on any atom is -0.456 e. The average Bonchev–Trinajstić information content (AvgIpc) is 3.83. The Morgan fingerprint density at radius 1 is 0.355 bits per heavy atom. The first kappa shape index (κ1) is 35.9. The Labute approximate surface area is 359 Å². The molecule has 0 fully saturated rings. The number of nitrogens with zero attached hydrogens (tertiary/aromatic N) is 3. The fourth-order valence-electron chi connectivity index (χ4n) is 9.71. The molecule has 0 saturated heterocycles. The molecule has 0 atom stereocenters. The van der Waals surface area contributed by atoms with Crippen LogP contribution in [0.15, 0.2) is 205 Å². The third-order valence-electron chi connectivity index (χ3n) is 12.7. The van der Waals surface area contributed by atoms with Gasteiger partial charge in [-0.15, -0.1) is 0 Å². The van der Waals surface area contributed by atoms with Crippen molar-refractivity contribution in [3.05, 3.63) is 211 Å². The highest BCUT2D eigenvalue weighted by Crippen LogP contribution is 2.52. The molecular weight excluding hydrogens is 755 g/mol. The molecule has 0 unspecified atom stereocenters. The molecule has 12 rings (SSSR count). The first-order chi connectivity index (χ1) is 30.5. The van der Waals surface area contributed by atoms with Crippen molar-refractivity contribution in [2.75, 3.05) is 0 Å². The lowest BCUT2D eigenvalue weighted by molar-refractivity contribution is 0.662. The van der Waals surface area contributed by atoms with Crippen LogP contribution >= 0.6 is 0 Å². The predicted molar refractivity (Wildman–Crippen MR) is 255 cm³/mol. The van der Waals surface area contributed by atoms with E-state index in [0.717, 1.165) is 60.7 Å². The summed E-state index contributed by atoms with van der Waals surface area (Å²) in [5.41, 5.74) is 16.5. The lowest BCUT2D eigenvalue weighted by Crippen LogP contribution is -2.16. The molecule has 0 bridgehead atoms. The number of fused-ring (bicyclic) bond motifs is 7. The molecule has 1 aliphatic carbocycles. The van der Waals surface area contributed by atoms with Gasteiger partial charge in [-0.3, -0.25) is 0 Å². The summed E-state index contributed by atoms with van der Waals surface area (Å²) in [7, 11) is 0. The monoisotopic (exact) mass is 793 g/mol. The SMILES string of the molecule is CC1(C)c2ccccc2-c2cccc(-c3cccc(-c4nc(-c5ccc6ccccc6c5)nc(-c5ccc6c(c5)oc5cccc(-c7cccc(-c8ccccc8)c7)c56)n4)c3)c21. The van der Waals surface area contributed by atoms with Crippen LogP contribution in [0, 0.1) is 0 Å². The van der Waals surface area contributed by atoms with E-state index >= 15 is 0 Å². The van der Waals surface area contributed by atoms with Crippen LogP contribution in [-0.4, -0.2) is 15.0 Å². The second-order valence-electron chi connectivity index (χ2n) is 16.8. The molecule has 292 valence electrons. The summed E-state index contributed by atoms with van der Waals surface area (Å²) >= 11 is 0. The number of benzene rings is 9. The van der Waals surface area contributed by atoms with E-state index in [1.807, 2.05) is 6.07 Å². The maximum absolute atomic E-state index is 6.64. The predicted octanol–water partition coefficient (Wildman–Crippen LogP) is 15.2. The Hall–Kier alpha value is -7.95. The molecule has 0 saturated carbocycles. The van der Waals surface area contributed by atoms with E-state index in [1.54, 1.807) is 0 Å². The molecule has 2 heterocycles. The van der Waals surface area contributed by atoms with Crippen molar-refractivity contribution in [2.45, 2.75) is 19.3 Å². The van der Waals surface area contributed by atoms with Crippen molar-refractivity contribution in [3.63, 3.8) is 0 Å². The molecule has 0 N–H and O–H groups in total. The molecule has 0 spiro atoms. The van der Waals surface area contributed by atoms with Crippen molar-refractivity contribution in [1.29, 1.82) is 0 Å². The first-order valence-corrected chi connectivity index (χ1v) is 21.2. The summed E-state index contributed by atoms with van der Waals surface area (Å²) < 4.78 is 6.64. The molecule has 1 aliphatic rings. The van der Waals surface area contributed by atoms with Gasteiger partial charge in [-0.2, -0.15) is 0 Å². The van der Waals surface area contributed by atoms with Gasteiger partial charge in [0.25, 0.3) is 0 Å². The highest BCUT2D eigenvalue weighted by molar-refractivity contribution is 6.13. The fourth-order valence-corrected chi connectivity index (χ4v) is 9.71. The summed E-state index contributed by atoms with van der Waals surface area (Å²) in [6.45, 7) is 4.67. The van der Waals surface area contributed by atoms with Gasteiger partial charge in [-0.1, -0.05) is 178 Å². The molecule has 0 aliphatic heterocycles. The molecule has 62 heavy (non-hydrogen) atoms. The van der Waals surface area contributed by atoms with Gasteiger partial charge in [0.1, 0.15) is 11.2 Å². The van der Waals surface area contributed by atoms with E-state index in [2.05, 4.69) is 208 Å². The quantitative estimate of drug-likeness (QED) is 0.168. The summed E-state index contributed by atoms with van der Waals surface area (Å²) in [6.07, 6.45) is 0. The number of aromatic nitrogens is 3. The number of rotatable bonds is 6. The maximum atomic E-state index is 6.64. The average molecular weight is 794 g/mol. The van der Waals surface area contributed by atoms with Crippen molar-refractivity contribution in [1.82, 2.24) is 15.0 Å². The van der Waals surface area contributed by atoms with Gasteiger partial charge in [0.2, 0.25) is 0 Å². The van der Waals surface area contributed by atoms with Gasteiger partial charge in [-0.05, 0) is 103 Å². The van der Waals surface area contributed by atoms with Crippen molar-refractivity contribution in [2.24, 2.45) is 0 Å². The second-order valence-corrected chi connectivity index (χ2v) is 16.8.